The quantitative estimate of drug-likeness (QED) is 0.586. The van der Waals surface area contributed by atoms with E-state index in [0.29, 0.717) is 6.42 Å². The maximum Gasteiger partial charge on any atom is 0.510 e. The first-order chi connectivity index (χ1) is 7.22. The van der Waals surface area contributed by atoms with Crippen molar-refractivity contribution in [2.75, 3.05) is 0 Å². The second-order valence-corrected chi connectivity index (χ2v) is 3.45. The van der Waals surface area contributed by atoms with Crippen LogP contribution >= 0.6 is 11.6 Å². The molecule has 0 saturated carbocycles. The highest BCUT2D eigenvalue weighted by molar-refractivity contribution is 6.20. The van der Waals surface area contributed by atoms with Crippen molar-refractivity contribution in [1.29, 1.82) is 0 Å². The summed E-state index contributed by atoms with van der Waals surface area (Å²) in [5, 5.41) is 0. The van der Waals surface area contributed by atoms with Crippen molar-refractivity contribution < 1.29 is 14.3 Å². The molecule has 0 bridgehead atoms. The van der Waals surface area contributed by atoms with Gasteiger partial charge in [0.2, 0.25) is 0 Å². The summed E-state index contributed by atoms with van der Waals surface area (Å²) in [6.07, 6.45) is -0.178. The van der Waals surface area contributed by atoms with Gasteiger partial charge in [0.1, 0.15) is 6.61 Å². The zero-order valence-corrected chi connectivity index (χ0v) is 9.24. The summed E-state index contributed by atoms with van der Waals surface area (Å²) in [6.45, 7) is 2.02. The lowest BCUT2D eigenvalue weighted by Gasteiger charge is -2.09. The number of hydrogen-bond acceptors (Lipinski definition) is 3. The van der Waals surface area contributed by atoms with Gasteiger partial charge in [0, 0.05) is 0 Å². The summed E-state index contributed by atoms with van der Waals surface area (Å²) in [7, 11) is 0. The number of alkyl halides is 1. The number of carbonyl (C=O) groups excluding carboxylic acids is 1. The van der Waals surface area contributed by atoms with Crippen LogP contribution < -0.4 is 0 Å². The van der Waals surface area contributed by atoms with Crippen molar-refractivity contribution >= 4 is 17.8 Å². The van der Waals surface area contributed by atoms with Gasteiger partial charge in [-0.1, -0.05) is 48.9 Å². The van der Waals surface area contributed by atoms with Crippen LogP contribution in [0.3, 0.4) is 0 Å². The van der Waals surface area contributed by atoms with Crippen LogP contribution in [0.2, 0.25) is 0 Å². The van der Waals surface area contributed by atoms with Crippen LogP contribution in [0.1, 0.15) is 18.9 Å². The third kappa shape index (κ3) is 4.70. The predicted octanol–water partition coefficient (Wildman–Crippen LogP) is 3.31. The fraction of sp³-hybridized carbons (Fsp3) is 0.364. The largest absolute Gasteiger partial charge is 0.510 e. The summed E-state index contributed by atoms with van der Waals surface area (Å²) in [6, 6.07) is 9.38. The molecular formula is C11H13ClO3. The number of carbonyl (C=O) groups is 1. The van der Waals surface area contributed by atoms with Crippen molar-refractivity contribution in [1.82, 2.24) is 0 Å². The summed E-state index contributed by atoms with van der Waals surface area (Å²) >= 11 is 5.62. The van der Waals surface area contributed by atoms with Crippen molar-refractivity contribution in [3.05, 3.63) is 35.9 Å². The van der Waals surface area contributed by atoms with E-state index in [1.54, 1.807) is 0 Å². The van der Waals surface area contributed by atoms with Crippen LogP contribution in [0.5, 0.6) is 0 Å². The lowest BCUT2D eigenvalue weighted by Crippen LogP contribution is -2.13. The molecule has 1 rings (SSSR count). The lowest BCUT2D eigenvalue weighted by atomic mass is 10.2. The maximum absolute atomic E-state index is 11.1. The van der Waals surface area contributed by atoms with Crippen LogP contribution in [0, 0.1) is 0 Å². The summed E-state index contributed by atoms with van der Waals surface area (Å²) in [4.78, 5) is 11.1. The Labute approximate surface area is 93.9 Å². The van der Waals surface area contributed by atoms with E-state index in [1.807, 2.05) is 37.3 Å². The molecule has 0 saturated heterocycles. The average Bonchev–Trinajstić information content (AvgIpc) is 2.27. The van der Waals surface area contributed by atoms with Crippen molar-refractivity contribution in [3.8, 4) is 0 Å². The highest BCUT2D eigenvalue weighted by atomic mass is 35.5. The molecule has 0 unspecified atom stereocenters. The molecule has 0 fully saturated rings. The molecule has 4 heteroatoms. The Bertz CT molecular complexity index is 300. The lowest BCUT2D eigenvalue weighted by molar-refractivity contribution is 0.0399. The molecule has 1 aromatic carbocycles. The minimum Gasteiger partial charge on any atom is -0.429 e. The molecule has 1 atom stereocenters. The molecule has 0 spiro atoms. The van der Waals surface area contributed by atoms with Gasteiger partial charge in [0.05, 0.1) is 0 Å². The minimum atomic E-state index is -0.735. The van der Waals surface area contributed by atoms with Gasteiger partial charge >= 0.3 is 6.16 Å². The van der Waals surface area contributed by atoms with Gasteiger partial charge in [-0.2, -0.15) is 0 Å². The van der Waals surface area contributed by atoms with Gasteiger partial charge in [-0.05, 0) is 12.0 Å². The molecule has 3 nitrogen and oxygen atoms in total. The Hall–Kier alpha value is -1.22. The molecular weight excluding hydrogens is 216 g/mol. The first-order valence-corrected chi connectivity index (χ1v) is 5.17. The minimum absolute atomic E-state index is 0.201. The Morgan fingerprint density at radius 3 is 2.67 bits per heavy atom. The predicted molar refractivity (Wildman–Crippen MR) is 57.6 cm³/mol. The van der Waals surface area contributed by atoms with E-state index < -0.39 is 11.7 Å². The van der Waals surface area contributed by atoms with E-state index >= 15 is 0 Å². The summed E-state index contributed by atoms with van der Waals surface area (Å²) in [5.41, 5.74) is 0.297. The molecule has 15 heavy (non-hydrogen) atoms. The smallest absolute Gasteiger partial charge is 0.429 e. The molecule has 0 aliphatic carbocycles. The molecule has 0 aromatic heterocycles. The van der Waals surface area contributed by atoms with Crippen LogP contribution in [0.4, 0.5) is 4.79 Å². The second kappa shape index (κ2) is 6.30. The third-order valence-electron chi connectivity index (χ3n) is 1.74. The van der Waals surface area contributed by atoms with Gasteiger partial charge in [-0.15, -0.1) is 0 Å². The van der Waals surface area contributed by atoms with Crippen LogP contribution in [-0.4, -0.2) is 11.7 Å². The third-order valence-corrected chi connectivity index (χ3v) is 2.14. The normalized spacial score (nSPS) is 11.9. The van der Waals surface area contributed by atoms with Crippen LogP contribution in [-0.2, 0) is 16.1 Å². The molecule has 0 N–H and O–H groups in total. The van der Waals surface area contributed by atoms with Crippen molar-refractivity contribution in [2.24, 2.45) is 0 Å². The van der Waals surface area contributed by atoms with E-state index in [4.69, 9.17) is 21.1 Å². The number of hydrogen-bond donors (Lipinski definition) is 0. The zero-order chi connectivity index (χ0) is 11.1. The van der Waals surface area contributed by atoms with Gasteiger partial charge in [-0.3, -0.25) is 0 Å². The highest BCUT2D eigenvalue weighted by Crippen LogP contribution is 2.06. The van der Waals surface area contributed by atoms with Gasteiger partial charge in [0.15, 0.2) is 5.56 Å². The van der Waals surface area contributed by atoms with Crippen molar-refractivity contribution in [3.63, 3.8) is 0 Å². The van der Waals surface area contributed by atoms with Crippen LogP contribution in [0.15, 0.2) is 30.3 Å². The van der Waals surface area contributed by atoms with Gasteiger partial charge in [0.25, 0.3) is 0 Å². The van der Waals surface area contributed by atoms with Gasteiger partial charge < -0.3 is 9.47 Å². The Morgan fingerprint density at radius 1 is 1.40 bits per heavy atom. The van der Waals surface area contributed by atoms with Crippen LogP contribution in [0.25, 0.3) is 0 Å². The van der Waals surface area contributed by atoms with E-state index in [2.05, 4.69) is 0 Å². The molecule has 82 valence electrons. The van der Waals surface area contributed by atoms with E-state index in [9.17, 15) is 4.79 Å². The molecule has 0 amide bonds. The molecule has 0 radical (unpaired) electrons. The van der Waals surface area contributed by atoms with Gasteiger partial charge in [-0.25, -0.2) is 4.79 Å². The Kier molecular flexibility index (Phi) is 4.98. The SMILES string of the molecule is CC[C@H](Cl)OC(=O)OCc1ccccc1. The second-order valence-electron chi connectivity index (χ2n) is 2.96. The number of ether oxygens (including phenoxy) is 2. The van der Waals surface area contributed by atoms with E-state index in [-0.39, 0.29) is 6.61 Å². The summed E-state index contributed by atoms with van der Waals surface area (Å²) in [5.74, 6) is 0. The highest BCUT2D eigenvalue weighted by Gasteiger charge is 2.09. The number of halogens is 1. The Morgan fingerprint density at radius 2 is 2.07 bits per heavy atom. The zero-order valence-electron chi connectivity index (χ0n) is 8.48. The first-order valence-electron chi connectivity index (χ1n) is 4.73. The fourth-order valence-corrected chi connectivity index (χ4v) is 1.01. The van der Waals surface area contributed by atoms with E-state index in [1.165, 1.54) is 0 Å². The topological polar surface area (TPSA) is 35.5 Å². The maximum atomic E-state index is 11.1. The molecule has 1 aromatic rings. The average molecular weight is 229 g/mol. The Balaban J connectivity index is 2.29. The molecule has 0 aliphatic heterocycles. The van der Waals surface area contributed by atoms with E-state index in [0.717, 1.165) is 5.56 Å². The molecule has 0 aliphatic rings. The summed E-state index contributed by atoms with van der Waals surface area (Å²) < 4.78 is 9.58. The standard InChI is InChI=1S/C11H13ClO3/c1-2-10(12)15-11(13)14-8-9-6-4-3-5-7-9/h3-7,10H,2,8H2,1H3/t10-/m1/s1. The monoisotopic (exact) mass is 228 g/mol. The number of rotatable bonds is 4. The first kappa shape index (κ1) is 11.9. The van der Waals surface area contributed by atoms with Crippen molar-refractivity contribution in [2.45, 2.75) is 25.5 Å². The fourth-order valence-electron chi connectivity index (χ4n) is 0.938. The molecule has 0 heterocycles. The number of benzene rings is 1.